The first kappa shape index (κ1) is 34.6. The van der Waals surface area contributed by atoms with E-state index in [9.17, 15) is 0 Å². The fourth-order valence-electron chi connectivity index (χ4n) is 8.89. The van der Waals surface area contributed by atoms with E-state index in [1.807, 2.05) is 0 Å². The molecule has 1 heterocycles. The van der Waals surface area contributed by atoms with E-state index < -0.39 is 0 Å². The SMILES string of the molecule is c1ccc(-c2ccccc2N(Cc2ccccc2-c2cccc3c2oc2c4ccccc4ccc32)c2ccc(-c3cccc(-c4cccc5ccccc45)c3)cc2)cc1. The Morgan fingerprint density at radius 2 is 0.898 bits per heavy atom. The van der Waals surface area contributed by atoms with Crippen LogP contribution in [0.25, 0.3) is 88.0 Å². The molecule has 0 aliphatic rings. The van der Waals surface area contributed by atoms with Crippen molar-refractivity contribution < 1.29 is 4.42 Å². The van der Waals surface area contributed by atoms with Gasteiger partial charge in [0.25, 0.3) is 0 Å². The minimum absolute atomic E-state index is 0.648. The van der Waals surface area contributed by atoms with Crippen LogP contribution in [0, 0.1) is 0 Å². The second-order valence-electron chi connectivity index (χ2n) is 15.2. The van der Waals surface area contributed by atoms with Crippen molar-refractivity contribution in [3.63, 3.8) is 0 Å². The molecule has 0 aliphatic heterocycles. The second kappa shape index (κ2) is 14.7. The van der Waals surface area contributed by atoms with Crippen molar-refractivity contribution in [1.82, 2.24) is 0 Å². The highest BCUT2D eigenvalue weighted by Crippen LogP contribution is 2.42. The molecule has 1 aromatic heterocycles. The Bertz CT molecular complexity index is 3300. The molecule has 0 atom stereocenters. The summed E-state index contributed by atoms with van der Waals surface area (Å²) in [5, 5.41) is 7.09. The van der Waals surface area contributed by atoms with Crippen molar-refractivity contribution in [2.75, 3.05) is 4.90 Å². The van der Waals surface area contributed by atoms with Gasteiger partial charge in [-0.3, -0.25) is 0 Å². The Morgan fingerprint density at radius 1 is 0.322 bits per heavy atom. The molecule has 0 bridgehead atoms. The predicted octanol–water partition coefficient (Wildman–Crippen LogP) is 15.9. The highest BCUT2D eigenvalue weighted by atomic mass is 16.3. The lowest BCUT2D eigenvalue weighted by Crippen LogP contribution is -2.18. The Kier molecular flexibility index (Phi) is 8.60. The molecule has 0 fully saturated rings. The quantitative estimate of drug-likeness (QED) is 0.154. The molecule has 0 radical (unpaired) electrons. The summed E-state index contributed by atoms with van der Waals surface area (Å²) >= 11 is 0. The van der Waals surface area contributed by atoms with Gasteiger partial charge in [0.2, 0.25) is 0 Å². The third kappa shape index (κ3) is 6.23. The average Bonchev–Trinajstić information content (AvgIpc) is 3.71. The highest BCUT2D eigenvalue weighted by molar-refractivity contribution is 6.17. The molecule has 0 amide bonds. The molecule has 2 nitrogen and oxygen atoms in total. The van der Waals surface area contributed by atoms with Crippen LogP contribution in [-0.4, -0.2) is 0 Å². The van der Waals surface area contributed by atoms with E-state index in [1.54, 1.807) is 0 Å². The number of benzene rings is 10. The van der Waals surface area contributed by atoms with Crippen molar-refractivity contribution in [3.05, 3.63) is 230 Å². The summed E-state index contributed by atoms with van der Waals surface area (Å²) < 4.78 is 6.86. The zero-order chi connectivity index (χ0) is 39.1. The van der Waals surface area contributed by atoms with Gasteiger partial charge in [0, 0.05) is 45.2 Å². The number of nitrogens with zero attached hydrogens (tertiary/aromatic N) is 1. The standard InChI is InChI=1S/C57H39NO/c1-2-15-41(16-3-1)50-25-10-11-30-55(50)58(46-34-31-39(32-35-46)43-21-12-22-44(37-43)48-27-13-20-40-17-4-7-23-47(40)48)38-45-19-6-8-24-49(45)52-28-14-29-53-54-36-33-42-18-5-9-26-51(42)56(54)59-57(52)53/h1-37H,38H2. The number of fused-ring (bicyclic) bond motifs is 6. The molecule has 278 valence electrons. The zero-order valence-corrected chi connectivity index (χ0v) is 32.4. The molecular weight excluding hydrogens is 715 g/mol. The Morgan fingerprint density at radius 3 is 1.76 bits per heavy atom. The van der Waals surface area contributed by atoms with E-state index in [4.69, 9.17) is 4.42 Å². The zero-order valence-electron chi connectivity index (χ0n) is 32.4. The first-order chi connectivity index (χ1) is 29.3. The fourth-order valence-corrected chi connectivity index (χ4v) is 8.89. The van der Waals surface area contributed by atoms with Gasteiger partial charge in [-0.1, -0.05) is 194 Å². The van der Waals surface area contributed by atoms with E-state index in [1.165, 1.54) is 55.1 Å². The van der Waals surface area contributed by atoms with Crippen LogP contribution in [0.5, 0.6) is 0 Å². The van der Waals surface area contributed by atoms with Gasteiger partial charge < -0.3 is 9.32 Å². The van der Waals surface area contributed by atoms with Crippen LogP contribution < -0.4 is 4.90 Å². The smallest absolute Gasteiger partial charge is 0.143 e. The van der Waals surface area contributed by atoms with Gasteiger partial charge >= 0.3 is 0 Å². The Labute approximate surface area is 343 Å². The molecule has 0 N–H and O–H groups in total. The van der Waals surface area contributed by atoms with Gasteiger partial charge in [-0.15, -0.1) is 0 Å². The van der Waals surface area contributed by atoms with Crippen molar-refractivity contribution in [3.8, 4) is 44.5 Å². The molecule has 0 saturated heterocycles. The summed E-state index contributed by atoms with van der Waals surface area (Å²) in [5.74, 6) is 0. The van der Waals surface area contributed by atoms with E-state index >= 15 is 0 Å². The van der Waals surface area contributed by atoms with Crippen LogP contribution in [0.15, 0.2) is 229 Å². The van der Waals surface area contributed by atoms with Gasteiger partial charge in [0.05, 0.1) is 0 Å². The molecule has 0 aliphatic carbocycles. The summed E-state index contributed by atoms with van der Waals surface area (Å²) in [4.78, 5) is 2.46. The molecule has 59 heavy (non-hydrogen) atoms. The summed E-state index contributed by atoms with van der Waals surface area (Å²) in [5.41, 5.74) is 14.8. The molecular formula is C57H39NO. The number of hydrogen-bond acceptors (Lipinski definition) is 2. The number of furan rings is 1. The van der Waals surface area contributed by atoms with Gasteiger partial charge in [-0.05, 0) is 85.4 Å². The number of hydrogen-bond donors (Lipinski definition) is 0. The van der Waals surface area contributed by atoms with Crippen LogP contribution in [-0.2, 0) is 6.54 Å². The topological polar surface area (TPSA) is 16.4 Å². The predicted molar refractivity (Wildman–Crippen MR) is 249 cm³/mol. The van der Waals surface area contributed by atoms with E-state index in [2.05, 4.69) is 229 Å². The first-order valence-corrected chi connectivity index (χ1v) is 20.3. The summed E-state index contributed by atoms with van der Waals surface area (Å²) in [6.07, 6.45) is 0. The minimum atomic E-state index is 0.648. The van der Waals surface area contributed by atoms with Crippen LogP contribution in [0.1, 0.15) is 5.56 Å². The third-order valence-electron chi connectivity index (χ3n) is 11.8. The fraction of sp³-hybridized carbons (Fsp3) is 0.0175. The van der Waals surface area contributed by atoms with Crippen LogP contribution in [0.3, 0.4) is 0 Å². The monoisotopic (exact) mass is 753 g/mol. The molecule has 0 saturated carbocycles. The van der Waals surface area contributed by atoms with E-state index in [-0.39, 0.29) is 0 Å². The van der Waals surface area contributed by atoms with E-state index in [0.29, 0.717) is 6.54 Å². The molecule has 10 aromatic carbocycles. The second-order valence-corrected chi connectivity index (χ2v) is 15.2. The number of para-hydroxylation sites is 2. The number of rotatable bonds is 8. The normalized spacial score (nSPS) is 11.5. The molecule has 0 spiro atoms. The largest absolute Gasteiger partial charge is 0.455 e. The van der Waals surface area contributed by atoms with Gasteiger partial charge in [0.1, 0.15) is 11.2 Å². The lowest BCUT2D eigenvalue weighted by Gasteiger charge is -2.29. The van der Waals surface area contributed by atoms with E-state index in [0.717, 1.165) is 49.8 Å². The van der Waals surface area contributed by atoms with Gasteiger partial charge in [-0.2, -0.15) is 0 Å². The van der Waals surface area contributed by atoms with Crippen LogP contribution in [0.4, 0.5) is 11.4 Å². The van der Waals surface area contributed by atoms with Crippen molar-refractivity contribution in [2.24, 2.45) is 0 Å². The van der Waals surface area contributed by atoms with Crippen LogP contribution >= 0.6 is 0 Å². The maximum atomic E-state index is 6.86. The van der Waals surface area contributed by atoms with Gasteiger partial charge in [-0.25, -0.2) is 0 Å². The van der Waals surface area contributed by atoms with Crippen molar-refractivity contribution >= 4 is 54.9 Å². The summed E-state index contributed by atoms with van der Waals surface area (Å²) in [7, 11) is 0. The van der Waals surface area contributed by atoms with Crippen LogP contribution in [0.2, 0.25) is 0 Å². The van der Waals surface area contributed by atoms with Gasteiger partial charge in [0.15, 0.2) is 0 Å². The third-order valence-corrected chi connectivity index (χ3v) is 11.8. The Hall–Kier alpha value is -7.68. The highest BCUT2D eigenvalue weighted by Gasteiger charge is 2.20. The Balaban J connectivity index is 1.02. The first-order valence-electron chi connectivity index (χ1n) is 20.3. The summed E-state index contributed by atoms with van der Waals surface area (Å²) in [6, 6.07) is 80.8. The minimum Gasteiger partial charge on any atom is -0.455 e. The maximum absolute atomic E-state index is 6.86. The van der Waals surface area contributed by atoms with Crippen molar-refractivity contribution in [2.45, 2.75) is 6.54 Å². The average molecular weight is 754 g/mol. The number of anilines is 2. The molecule has 11 aromatic rings. The molecule has 11 rings (SSSR count). The van der Waals surface area contributed by atoms with Crippen molar-refractivity contribution in [1.29, 1.82) is 0 Å². The lowest BCUT2D eigenvalue weighted by molar-refractivity contribution is 0.673. The molecule has 0 unspecified atom stereocenters. The molecule has 2 heteroatoms. The maximum Gasteiger partial charge on any atom is 0.143 e. The summed E-state index contributed by atoms with van der Waals surface area (Å²) in [6.45, 7) is 0.648. The lowest BCUT2D eigenvalue weighted by atomic mass is 9.95.